The zero-order chi connectivity index (χ0) is 16.2. The Hall–Kier alpha value is -1.91. The highest BCUT2D eigenvalue weighted by Gasteiger charge is 2.23. The van der Waals surface area contributed by atoms with Crippen molar-refractivity contribution in [3.8, 4) is 0 Å². The van der Waals surface area contributed by atoms with Gasteiger partial charge in [0, 0.05) is 11.7 Å². The standard InChI is InChI=1S/C16H24N2O3/c1-10-6-7-13(11(2)17-10)15(21)18-12(8-14(19)20)9-16(3,4)5/h6-7,12H,8-9H2,1-5H3,(H,18,21)(H,19,20). The van der Waals surface area contributed by atoms with Crippen molar-refractivity contribution in [2.24, 2.45) is 5.41 Å². The molecule has 5 nitrogen and oxygen atoms in total. The fourth-order valence-electron chi connectivity index (χ4n) is 2.31. The first-order chi connectivity index (χ1) is 9.58. The van der Waals surface area contributed by atoms with Crippen molar-refractivity contribution < 1.29 is 14.7 Å². The highest BCUT2D eigenvalue weighted by atomic mass is 16.4. The van der Waals surface area contributed by atoms with E-state index in [2.05, 4.69) is 10.3 Å². The minimum Gasteiger partial charge on any atom is -0.481 e. The smallest absolute Gasteiger partial charge is 0.305 e. The number of carboxylic acids is 1. The molecule has 1 heterocycles. The molecule has 0 aromatic carbocycles. The molecule has 1 rings (SSSR count). The van der Waals surface area contributed by atoms with Crippen molar-refractivity contribution >= 4 is 11.9 Å². The van der Waals surface area contributed by atoms with Crippen molar-refractivity contribution in [3.63, 3.8) is 0 Å². The number of nitrogens with zero attached hydrogens (tertiary/aromatic N) is 1. The molecular weight excluding hydrogens is 268 g/mol. The largest absolute Gasteiger partial charge is 0.481 e. The molecule has 1 aromatic rings. The van der Waals surface area contributed by atoms with Crippen LogP contribution in [0.5, 0.6) is 0 Å². The summed E-state index contributed by atoms with van der Waals surface area (Å²) in [7, 11) is 0. The number of aromatic nitrogens is 1. The van der Waals surface area contributed by atoms with Crippen LogP contribution in [0.2, 0.25) is 0 Å². The number of hydrogen-bond acceptors (Lipinski definition) is 3. The van der Waals surface area contributed by atoms with Gasteiger partial charge in [-0.2, -0.15) is 0 Å². The summed E-state index contributed by atoms with van der Waals surface area (Å²) in [4.78, 5) is 27.5. The third kappa shape index (κ3) is 5.94. The van der Waals surface area contributed by atoms with Gasteiger partial charge in [-0.15, -0.1) is 0 Å². The van der Waals surface area contributed by atoms with E-state index in [1.807, 2.05) is 27.7 Å². The fraction of sp³-hybridized carbons (Fsp3) is 0.562. The zero-order valence-electron chi connectivity index (χ0n) is 13.4. The molecule has 0 bridgehead atoms. The lowest BCUT2D eigenvalue weighted by Crippen LogP contribution is -2.39. The van der Waals surface area contributed by atoms with E-state index >= 15 is 0 Å². The lowest BCUT2D eigenvalue weighted by Gasteiger charge is -2.26. The van der Waals surface area contributed by atoms with Gasteiger partial charge in [0.2, 0.25) is 0 Å². The Morgan fingerprint density at radius 2 is 1.90 bits per heavy atom. The molecule has 0 radical (unpaired) electrons. The van der Waals surface area contributed by atoms with E-state index in [1.165, 1.54) is 0 Å². The third-order valence-corrected chi connectivity index (χ3v) is 3.08. The van der Waals surface area contributed by atoms with Crippen LogP contribution in [0.25, 0.3) is 0 Å². The van der Waals surface area contributed by atoms with E-state index in [-0.39, 0.29) is 17.7 Å². The molecule has 116 valence electrons. The van der Waals surface area contributed by atoms with Crippen LogP contribution in [0.4, 0.5) is 0 Å². The first-order valence-corrected chi connectivity index (χ1v) is 7.05. The molecule has 0 saturated heterocycles. The van der Waals surface area contributed by atoms with Crippen LogP contribution >= 0.6 is 0 Å². The Morgan fingerprint density at radius 3 is 2.38 bits per heavy atom. The van der Waals surface area contributed by atoms with Gasteiger partial charge in [-0.3, -0.25) is 14.6 Å². The van der Waals surface area contributed by atoms with Gasteiger partial charge in [-0.25, -0.2) is 0 Å². The normalized spacial score (nSPS) is 12.8. The number of hydrogen-bond donors (Lipinski definition) is 2. The van der Waals surface area contributed by atoms with E-state index in [0.717, 1.165) is 5.69 Å². The number of carboxylic acid groups (broad SMARTS) is 1. The van der Waals surface area contributed by atoms with E-state index in [4.69, 9.17) is 5.11 Å². The number of carbonyl (C=O) groups excluding carboxylic acids is 1. The zero-order valence-corrected chi connectivity index (χ0v) is 13.4. The third-order valence-electron chi connectivity index (χ3n) is 3.08. The second kappa shape index (κ2) is 6.70. The van der Waals surface area contributed by atoms with Crippen molar-refractivity contribution in [1.29, 1.82) is 0 Å². The SMILES string of the molecule is Cc1ccc(C(=O)NC(CC(=O)O)CC(C)(C)C)c(C)n1. The van der Waals surface area contributed by atoms with Gasteiger partial charge < -0.3 is 10.4 Å². The molecule has 0 aliphatic carbocycles. The average Bonchev–Trinajstić information content (AvgIpc) is 2.24. The molecule has 0 aliphatic rings. The van der Waals surface area contributed by atoms with Crippen molar-refractivity contribution in [2.45, 2.75) is 53.5 Å². The molecule has 0 aliphatic heterocycles. The van der Waals surface area contributed by atoms with Crippen LogP contribution in [0.15, 0.2) is 12.1 Å². The van der Waals surface area contributed by atoms with Crippen LogP contribution in [0, 0.1) is 19.3 Å². The van der Waals surface area contributed by atoms with E-state index in [9.17, 15) is 9.59 Å². The highest BCUT2D eigenvalue weighted by Crippen LogP contribution is 2.22. The van der Waals surface area contributed by atoms with E-state index < -0.39 is 12.0 Å². The van der Waals surface area contributed by atoms with Crippen molar-refractivity contribution in [2.75, 3.05) is 0 Å². The maximum atomic E-state index is 12.3. The summed E-state index contributed by atoms with van der Waals surface area (Å²) in [5, 5.41) is 11.8. The van der Waals surface area contributed by atoms with Gasteiger partial charge >= 0.3 is 5.97 Å². The molecule has 1 atom stereocenters. The molecule has 1 amide bonds. The predicted molar refractivity (Wildman–Crippen MR) is 81.3 cm³/mol. The summed E-state index contributed by atoms with van der Waals surface area (Å²) in [5.41, 5.74) is 1.93. The number of aryl methyl sites for hydroxylation is 2. The molecule has 0 saturated carbocycles. The van der Waals surface area contributed by atoms with Crippen molar-refractivity contribution in [3.05, 3.63) is 29.1 Å². The maximum Gasteiger partial charge on any atom is 0.305 e. The lowest BCUT2D eigenvalue weighted by molar-refractivity contribution is -0.137. The summed E-state index contributed by atoms with van der Waals surface area (Å²) in [6.45, 7) is 9.70. The van der Waals surface area contributed by atoms with Gasteiger partial charge in [0.25, 0.3) is 5.91 Å². The molecule has 1 unspecified atom stereocenters. The first-order valence-electron chi connectivity index (χ1n) is 7.05. The van der Waals surface area contributed by atoms with Crippen molar-refractivity contribution in [1.82, 2.24) is 10.3 Å². The molecule has 5 heteroatoms. The molecule has 0 spiro atoms. The summed E-state index contributed by atoms with van der Waals surface area (Å²) < 4.78 is 0. The lowest BCUT2D eigenvalue weighted by atomic mass is 9.87. The van der Waals surface area contributed by atoms with Crippen LogP contribution in [-0.2, 0) is 4.79 Å². The highest BCUT2D eigenvalue weighted by molar-refractivity contribution is 5.95. The topological polar surface area (TPSA) is 79.3 Å². The number of amides is 1. The second-order valence-electron chi connectivity index (χ2n) is 6.62. The van der Waals surface area contributed by atoms with Crippen LogP contribution in [0.1, 0.15) is 55.4 Å². The Bertz CT molecular complexity index is 533. The number of nitrogens with one attached hydrogen (secondary N) is 1. The minimum absolute atomic E-state index is 0.0615. The summed E-state index contributed by atoms with van der Waals surface area (Å²) in [6, 6.07) is 3.11. The van der Waals surface area contributed by atoms with Gasteiger partial charge in [-0.1, -0.05) is 20.8 Å². The molecule has 2 N–H and O–H groups in total. The number of aliphatic carboxylic acids is 1. The molecule has 21 heavy (non-hydrogen) atoms. The number of pyridine rings is 1. The Balaban J connectivity index is 2.86. The monoisotopic (exact) mass is 292 g/mol. The minimum atomic E-state index is -0.914. The Morgan fingerprint density at radius 1 is 1.29 bits per heavy atom. The summed E-state index contributed by atoms with van der Waals surface area (Å²) in [6.07, 6.45) is 0.519. The van der Waals surface area contributed by atoms with E-state index in [1.54, 1.807) is 19.1 Å². The number of carbonyl (C=O) groups is 2. The van der Waals surface area contributed by atoms with Gasteiger partial charge in [0.1, 0.15) is 0 Å². The van der Waals surface area contributed by atoms with Gasteiger partial charge in [-0.05, 0) is 37.8 Å². The quantitative estimate of drug-likeness (QED) is 0.874. The van der Waals surface area contributed by atoms with Crippen LogP contribution in [0.3, 0.4) is 0 Å². The van der Waals surface area contributed by atoms with Gasteiger partial charge in [0.15, 0.2) is 0 Å². The molecule has 1 aromatic heterocycles. The average molecular weight is 292 g/mol. The summed E-state index contributed by atoms with van der Waals surface area (Å²) >= 11 is 0. The first kappa shape index (κ1) is 17.1. The Kier molecular flexibility index (Phi) is 5.47. The predicted octanol–water partition coefficient (Wildman–Crippen LogP) is 2.71. The van der Waals surface area contributed by atoms with Gasteiger partial charge in [0.05, 0.1) is 17.7 Å². The fourth-order valence-corrected chi connectivity index (χ4v) is 2.31. The van der Waals surface area contributed by atoms with E-state index in [0.29, 0.717) is 17.7 Å². The van der Waals surface area contributed by atoms with Crippen LogP contribution in [-0.4, -0.2) is 28.0 Å². The maximum absolute atomic E-state index is 12.3. The molecular formula is C16H24N2O3. The molecule has 0 fully saturated rings. The second-order valence-corrected chi connectivity index (χ2v) is 6.62. The summed E-state index contributed by atoms with van der Waals surface area (Å²) in [5.74, 6) is -1.18. The number of rotatable bonds is 5. The Labute approximate surface area is 125 Å². The van der Waals surface area contributed by atoms with Crippen LogP contribution < -0.4 is 5.32 Å².